The number of imidazole rings is 1. The van der Waals surface area contributed by atoms with Gasteiger partial charge < -0.3 is 8.98 Å². The molecule has 0 unspecified atom stereocenters. The van der Waals surface area contributed by atoms with Crippen LogP contribution in [0.1, 0.15) is 15.6 Å². The van der Waals surface area contributed by atoms with Crippen molar-refractivity contribution in [1.29, 1.82) is 0 Å². The number of fused-ring (bicyclic) bond motifs is 1. The predicted molar refractivity (Wildman–Crippen MR) is 95.4 cm³/mol. The van der Waals surface area contributed by atoms with Crippen molar-refractivity contribution in [2.24, 2.45) is 7.05 Å². The lowest BCUT2D eigenvalue weighted by atomic mass is 10.3. The van der Waals surface area contributed by atoms with E-state index in [-0.39, 0.29) is 18.0 Å². The number of rotatable bonds is 5. The van der Waals surface area contributed by atoms with E-state index in [0.29, 0.717) is 24.1 Å². The Kier molecular flexibility index (Phi) is 4.03. The summed E-state index contributed by atoms with van der Waals surface area (Å²) >= 11 is 1.69. The van der Waals surface area contributed by atoms with Crippen molar-refractivity contribution in [3.05, 3.63) is 61.3 Å². The van der Waals surface area contributed by atoms with Gasteiger partial charge in [-0.05, 0) is 19.1 Å². The lowest BCUT2D eigenvalue weighted by Crippen LogP contribution is -2.22. The lowest BCUT2D eigenvalue weighted by Gasteiger charge is -2.02. The third kappa shape index (κ3) is 2.99. The maximum Gasteiger partial charge on any atom is 0.437 e. The topological polar surface area (TPSA) is 101 Å². The van der Waals surface area contributed by atoms with Gasteiger partial charge in [0.25, 0.3) is 5.56 Å². The number of nitrogens with zero attached hydrogens (tertiary/aromatic N) is 6. The molecule has 9 nitrogen and oxygen atoms in total. The van der Waals surface area contributed by atoms with Crippen molar-refractivity contribution in [2.75, 3.05) is 0 Å². The largest absolute Gasteiger partial charge is 0.437 e. The highest BCUT2D eigenvalue weighted by Crippen LogP contribution is 2.15. The minimum absolute atomic E-state index is 0.0350. The molecule has 4 heterocycles. The van der Waals surface area contributed by atoms with Crippen LogP contribution in [0.25, 0.3) is 11.2 Å². The molecule has 0 saturated carbocycles. The van der Waals surface area contributed by atoms with Crippen LogP contribution in [0.2, 0.25) is 0 Å². The van der Waals surface area contributed by atoms with Gasteiger partial charge in [0, 0.05) is 23.2 Å². The van der Waals surface area contributed by atoms with Crippen LogP contribution < -0.4 is 11.3 Å². The van der Waals surface area contributed by atoms with Crippen LogP contribution >= 0.6 is 11.3 Å². The number of thiophene rings is 1. The van der Waals surface area contributed by atoms with Crippen LogP contribution in [0, 0.1) is 6.92 Å². The first kappa shape index (κ1) is 16.5. The third-order valence-electron chi connectivity index (χ3n) is 4.02. The van der Waals surface area contributed by atoms with E-state index in [1.54, 1.807) is 23.0 Å². The molecule has 0 saturated heterocycles. The summed E-state index contributed by atoms with van der Waals surface area (Å²) in [6.07, 6.45) is 3.61. The number of hydrogen-bond acceptors (Lipinski definition) is 7. The van der Waals surface area contributed by atoms with E-state index in [1.165, 1.54) is 31.7 Å². The fraction of sp³-hybridized carbons (Fsp3) is 0.312. The van der Waals surface area contributed by atoms with Crippen LogP contribution in [-0.2, 0) is 26.6 Å². The third-order valence-corrected chi connectivity index (χ3v) is 5.08. The first-order chi connectivity index (χ1) is 12.5. The highest BCUT2D eigenvalue weighted by atomic mass is 32.1. The summed E-state index contributed by atoms with van der Waals surface area (Å²) in [6, 6.07) is 4.09. The van der Waals surface area contributed by atoms with Crippen molar-refractivity contribution >= 4 is 22.5 Å². The first-order valence-corrected chi connectivity index (χ1v) is 8.81. The molecule has 0 fully saturated rings. The maximum atomic E-state index is 12.5. The van der Waals surface area contributed by atoms with Crippen molar-refractivity contribution in [1.82, 2.24) is 28.9 Å². The van der Waals surface area contributed by atoms with E-state index in [2.05, 4.69) is 15.1 Å². The molecule has 4 rings (SSSR count). The fourth-order valence-corrected chi connectivity index (χ4v) is 3.60. The summed E-state index contributed by atoms with van der Waals surface area (Å²) in [7, 11) is 1.73. The Hall–Kier alpha value is -3.01. The van der Waals surface area contributed by atoms with Gasteiger partial charge in [0.15, 0.2) is 11.2 Å². The van der Waals surface area contributed by atoms with Gasteiger partial charge in [-0.2, -0.15) is 4.68 Å². The molecule has 0 aliphatic rings. The van der Waals surface area contributed by atoms with E-state index < -0.39 is 5.76 Å². The molecule has 0 aliphatic carbocycles. The Morgan fingerprint density at radius 3 is 2.77 bits per heavy atom. The SMILES string of the molecule is Cc1ccc(CCn2nc(Cn3cnc4ncn(C)c4c3=O)oc2=O)s1. The van der Waals surface area contributed by atoms with Crippen molar-refractivity contribution < 1.29 is 4.42 Å². The van der Waals surface area contributed by atoms with Crippen molar-refractivity contribution in [3.63, 3.8) is 0 Å². The van der Waals surface area contributed by atoms with Crippen molar-refractivity contribution in [3.8, 4) is 0 Å². The minimum Gasteiger partial charge on any atom is -0.390 e. The van der Waals surface area contributed by atoms with Crippen LogP contribution in [0.15, 0.2) is 38.8 Å². The molecular weight excluding hydrogens is 356 g/mol. The second-order valence-corrected chi connectivity index (χ2v) is 7.32. The standard InChI is InChI=1S/C16H16N6O3S/c1-10-3-4-11(26-10)5-6-22-16(24)25-12(19-22)7-21-9-18-14-13(15(21)23)20(2)8-17-14/h3-4,8-9H,5-7H2,1-2H3. The van der Waals surface area contributed by atoms with E-state index in [4.69, 9.17) is 4.42 Å². The number of aromatic nitrogens is 6. The van der Waals surface area contributed by atoms with Gasteiger partial charge in [-0.3, -0.25) is 9.36 Å². The summed E-state index contributed by atoms with van der Waals surface area (Å²) in [5.74, 6) is -0.362. The second kappa shape index (κ2) is 6.37. The molecule has 0 spiro atoms. The lowest BCUT2D eigenvalue weighted by molar-refractivity contribution is 0.434. The van der Waals surface area contributed by atoms with Gasteiger partial charge in [-0.15, -0.1) is 16.4 Å². The zero-order chi connectivity index (χ0) is 18.3. The van der Waals surface area contributed by atoms with Gasteiger partial charge in [-0.25, -0.2) is 14.8 Å². The smallest absolute Gasteiger partial charge is 0.390 e. The molecule has 0 radical (unpaired) electrons. The van der Waals surface area contributed by atoms with Gasteiger partial charge in [0.1, 0.15) is 12.9 Å². The van der Waals surface area contributed by atoms with Crippen LogP contribution in [0.3, 0.4) is 0 Å². The molecule has 0 amide bonds. The normalized spacial score (nSPS) is 11.5. The summed E-state index contributed by atoms with van der Waals surface area (Å²) in [6.45, 7) is 2.50. The fourth-order valence-electron chi connectivity index (χ4n) is 2.72. The Labute approximate surface area is 151 Å². The minimum atomic E-state index is -0.532. The quantitative estimate of drug-likeness (QED) is 0.517. The van der Waals surface area contributed by atoms with Gasteiger partial charge in [0.2, 0.25) is 5.89 Å². The monoisotopic (exact) mass is 372 g/mol. The summed E-state index contributed by atoms with van der Waals surface area (Å²) in [4.78, 5) is 35.1. The molecule has 0 atom stereocenters. The zero-order valence-electron chi connectivity index (χ0n) is 14.2. The second-order valence-electron chi connectivity index (χ2n) is 5.95. The molecule has 134 valence electrons. The van der Waals surface area contributed by atoms with Crippen LogP contribution in [0.4, 0.5) is 0 Å². The Morgan fingerprint density at radius 1 is 1.19 bits per heavy atom. The maximum absolute atomic E-state index is 12.5. The molecule has 4 aromatic heterocycles. The summed E-state index contributed by atoms with van der Waals surface area (Å²) in [5, 5.41) is 4.19. The van der Waals surface area contributed by atoms with Gasteiger partial charge in [-0.1, -0.05) is 0 Å². The Bertz CT molecular complexity index is 1190. The van der Waals surface area contributed by atoms with E-state index in [0.717, 1.165) is 0 Å². The summed E-state index contributed by atoms with van der Waals surface area (Å²) in [5.41, 5.74) is 0.510. The van der Waals surface area contributed by atoms with Crippen LogP contribution in [-0.4, -0.2) is 28.9 Å². The number of hydrogen-bond donors (Lipinski definition) is 0. The zero-order valence-corrected chi connectivity index (χ0v) is 15.1. The molecule has 0 aliphatic heterocycles. The van der Waals surface area contributed by atoms with Gasteiger partial charge in [0.05, 0.1) is 12.9 Å². The predicted octanol–water partition coefficient (Wildman–Crippen LogP) is 0.941. The highest BCUT2D eigenvalue weighted by Gasteiger charge is 2.13. The molecule has 0 bridgehead atoms. The molecule has 0 N–H and O–H groups in total. The van der Waals surface area contributed by atoms with Gasteiger partial charge >= 0.3 is 5.76 Å². The highest BCUT2D eigenvalue weighted by molar-refractivity contribution is 7.11. The van der Waals surface area contributed by atoms with E-state index in [9.17, 15) is 9.59 Å². The molecule has 10 heteroatoms. The molecular formula is C16H16N6O3S. The summed E-state index contributed by atoms with van der Waals surface area (Å²) < 4.78 is 9.42. The van der Waals surface area contributed by atoms with E-state index in [1.807, 2.05) is 19.1 Å². The van der Waals surface area contributed by atoms with Crippen molar-refractivity contribution in [2.45, 2.75) is 26.4 Å². The Balaban J connectivity index is 1.56. The van der Waals surface area contributed by atoms with E-state index >= 15 is 0 Å². The average molecular weight is 372 g/mol. The molecule has 26 heavy (non-hydrogen) atoms. The van der Waals surface area contributed by atoms with Crippen LogP contribution in [0.5, 0.6) is 0 Å². The molecule has 4 aromatic rings. The number of aryl methyl sites for hydroxylation is 4. The first-order valence-electron chi connectivity index (χ1n) is 8.00. The average Bonchev–Trinajstić information content (AvgIpc) is 3.28. The Morgan fingerprint density at radius 2 is 2.00 bits per heavy atom. The molecule has 0 aromatic carbocycles.